The minimum Gasteiger partial charge on any atom is -0.495 e. The lowest BCUT2D eigenvalue weighted by Crippen LogP contribution is -2.15. The molecule has 2 heterocycles. The molecule has 0 unspecified atom stereocenters. The Morgan fingerprint density at radius 3 is 2.47 bits per heavy atom. The van der Waals surface area contributed by atoms with Gasteiger partial charge in [0.25, 0.3) is 15.9 Å². The van der Waals surface area contributed by atoms with Crippen LogP contribution in [0.15, 0.2) is 51.4 Å². The number of anilines is 2. The van der Waals surface area contributed by atoms with E-state index in [9.17, 15) is 13.2 Å². The molecule has 32 heavy (non-hydrogen) atoms. The Kier molecular flexibility index (Phi) is 5.29. The molecule has 1 amide bonds. The molecule has 1 aliphatic heterocycles. The summed E-state index contributed by atoms with van der Waals surface area (Å²) in [6.07, 6.45) is 0. The number of nitrogens with zero attached hydrogens (tertiary/aromatic N) is 1. The summed E-state index contributed by atoms with van der Waals surface area (Å²) in [7, 11) is -2.60. The van der Waals surface area contributed by atoms with Crippen molar-refractivity contribution >= 4 is 32.9 Å². The number of hydrogen-bond donors (Lipinski definition) is 2. The number of para-hydroxylation sites is 1. The Morgan fingerprint density at radius 2 is 1.84 bits per heavy atom. The van der Waals surface area contributed by atoms with E-state index in [1.54, 1.807) is 44.2 Å². The second-order valence-corrected chi connectivity index (χ2v) is 9.38. The Labute approximate surface area is 186 Å². The summed E-state index contributed by atoms with van der Waals surface area (Å²) in [6.45, 7) is 7.20. The van der Waals surface area contributed by atoms with Crippen LogP contribution in [0.3, 0.4) is 0 Å². The molecule has 2 N–H and O–H groups in total. The number of hydrogen-bond acceptors (Lipinski definition) is 6. The minimum atomic E-state index is -4.01. The summed E-state index contributed by atoms with van der Waals surface area (Å²) < 4.78 is 39.9. The van der Waals surface area contributed by atoms with Crippen molar-refractivity contribution in [2.45, 2.75) is 32.6 Å². The van der Waals surface area contributed by atoms with Crippen LogP contribution in [0.2, 0.25) is 0 Å². The third kappa shape index (κ3) is 3.54. The van der Waals surface area contributed by atoms with Crippen molar-refractivity contribution in [3.8, 4) is 16.9 Å². The fourth-order valence-corrected chi connectivity index (χ4v) is 5.16. The second-order valence-electron chi connectivity index (χ2n) is 7.73. The van der Waals surface area contributed by atoms with Gasteiger partial charge in [-0.2, -0.15) is 0 Å². The zero-order valence-electron chi connectivity index (χ0n) is 18.4. The van der Waals surface area contributed by atoms with Crippen molar-refractivity contribution in [2.24, 2.45) is 0 Å². The van der Waals surface area contributed by atoms with Gasteiger partial charge >= 0.3 is 0 Å². The van der Waals surface area contributed by atoms with Crippen molar-refractivity contribution < 1.29 is 22.5 Å². The summed E-state index contributed by atoms with van der Waals surface area (Å²) >= 11 is 0. The number of carbonyl (C=O) groups is 1. The van der Waals surface area contributed by atoms with E-state index in [4.69, 9.17) is 9.26 Å². The van der Waals surface area contributed by atoms with Crippen LogP contribution in [-0.4, -0.2) is 26.6 Å². The first-order valence-electron chi connectivity index (χ1n) is 9.90. The molecule has 4 rings (SSSR count). The first kappa shape index (κ1) is 21.6. The molecule has 8 nitrogen and oxygen atoms in total. The van der Waals surface area contributed by atoms with Gasteiger partial charge in [-0.05, 0) is 52.0 Å². The lowest BCUT2D eigenvalue weighted by molar-refractivity contribution is -0.110. The zero-order valence-corrected chi connectivity index (χ0v) is 19.2. The van der Waals surface area contributed by atoms with Crippen LogP contribution in [0.1, 0.15) is 30.9 Å². The number of fused-ring (bicyclic) bond motifs is 1. The normalized spacial score (nSPS) is 13.0. The van der Waals surface area contributed by atoms with Crippen molar-refractivity contribution in [1.82, 2.24) is 5.16 Å². The third-order valence-electron chi connectivity index (χ3n) is 5.31. The van der Waals surface area contributed by atoms with Gasteiger partial charge in [0.2, 0.25) is 0 Å². The highest BCUT2D eigenvalue weighted by molar-refractivity contribution is 7.92. The molecule has 3 aromatic rings. The number of sulfonamides is 1. The maximum Gasteiger partial charge on any atom is 0.265 e. The maximum absolute atomic E-state index is 13.3. The van der Waals surface area contributed by atoms with Crippen LogP contribution in [0.4, 0.5) is 11.4 Å². The fourth-order valence-electron chi connectivity index (χ4n) is 3.91. The molecule has 0 bridgehead atoms. The van der Waals surface area contributed by atoms with E-state index in [0.29, 0.717) is 45.1 Å². The van der Waals surface area contributed by atoms with Crippen LogP contribution in [0, 0.1) is 13.8 Å². The SMILES string of the molecule is COc1ccccc1S(=O)(=O)Nc1cc2c(cc1-c1c(C)noc1C)NC(=O)C2=C(C)C. The Balaban J connectivity index is 1.95. The second kappa shape index (κ2) is 7.83. The summed E-state index contributed by atoms with van der Waals surface area (Å²) in [6, 6.07) is 9.78. The molecule has 0 fully saturated rings. The molecular weight excluding hydrogens is 430 g/mol. The summed E-state index contributed by atoms with van der Waals surface area (Å²) in [5.41, 5.74) is 4.68. The van der Waals surface area contributed by atoms with Crippen LogP contribution < -0.4 is 14.8 Å². The molecule has 166 valence electrons. The quantitative estimate of drug-likeness (QED) is 0.550. The summed E-state index contributed by atoms with van der Waals surface area (Å²) in [5, 5.41) is 6.86. The molecule has 2 aromatic carbocycles. The Hall–Kier alpha value is -3.59. The van der Waals surface area contributed by atoms with E-state index >= 15 is 0 Å². The molecule has 0 aliphatic carbocycles. The van der Waals surface area contributed by atoms with Crippen LogP contribution in [0.25, 0.3) is 16.7 Å². The number of aryl methyl sites for hydroxylation is 2. The van der Waals surface area contributed by atoms with Crippen LogP contribution >= 0.6 is 0 Å². The van der Waals surface area contributed by atoms with Crippen LogP contribution in [0.5, 0.6) is 5.75 Å². The van der Waals surface area contributed by atoms with Gasteiger partial charge in [-0.3, -0.25) is 9.52 Å². The highest BCUT2D eigenvalue weighted by Crippen LogP contribution is 2.43. The van der Waals surface area contributed by atoms with Crippen LogP contribution in [-0.2, 0) is 14.8 Å². The van der Waals surface area contributed by atoms with Gasteiger partial charge in [0, 0.05) is 28.0 Å². The lowest BCUT2D eigenvalue weighted by atomic mass is 9.96. The molecule has 1 aromatic heterocycles. The van der Waals surface area contributed by atoms with Crippen molar-refractivity contribution in [3.05, 3.63) is 59.0 Å². The molecular formula is C23H23N3O5S. The van der Waals surface area contributed by atoms with Gasteiger partial charge in [0.15, 0.2) is 0 Å². The van der Waals surface area contributed by atoms with Gasteiger partial charge in [0.05, 0.1) is 18.5 Å². The van der Waals surface area contributed by atoms with E-state index in [2.05, 4.69) is 15.2 Å². The van der Waals surface area contributed by atoms with Gasteiger partial charge < -0.3 is 14.6 Å². The minimum absolute atomic E-state index is 0.00403. The number of aromatic nitrogens is 1. The Bertz CT molecular complexity index is 1360. The number of carbonyl (C=O) groups excluding carboxylic acids is 1. The molecule has 0 atom stereocenters. The molecule has 0 radical (unpaired) electrons. The van der Waals surface area contributed by atoms with Gasteiger partial charge in [-0.1, -0.05) is 22.9 Å². The van der Waals surface area contributed by atoms with Gasteiger partial charge in [0.1, 0.15) is 16.4 Å². The summed E-state index contributed by atoms with van der Waals surface area (Å²) in [4.78, 5) is 12.6. The number of benzene rings is 2. The first-order valence-corrected chi connectivity index (χ1v) is 11.4. The van der Waals surface area contributed by atoms with E-state index < -0.39 is 10.0 Å². The topological polar surface area (TPSA) is 111 Å². The average Bonchev–Trinajstić information content (AvgIpc) is 3.24. The highest BCUT2D eigenvalue weighted by Gasteiger charge is 2.30. The average molecular weight is 454 g/mol. The van der Waals surface area contributed by atoms with Gasteiger partial charge in [-0.25, -0.2) is 8.42 Å². The number of ether oxygens (including phenoxy) is 1. The molecule has 0 spiro atoms. The number of amides is 1. The zero-order chi connectivity index (χ0) is 23.2. The predicted octanol–water partition coefficient (Wildman–Crippen LogP) is 4.51. The molecule has 1 aliphatic rings. The van der Waals surface area contributed by atoms with Crippen molar-refractivity contribution in [2.75, 3.05) is 17.1 Å². The predicted molar refractivity (Wildman–Crippen MR) is 122 cm³/mol. The first-order chi connectivity index (χ1) is 15.1. The fraction of sp³-hybridized carbons (Fsp3) is 0.217. The highest BCUT2D eigenvalue weighted by atomic mass is 32.2. The maximum atomic E-state index is 13.3. The monoisotopic (exact) mass is 453 g/mol. The van der Waals surface area contributed by atoms with E-state index in [-0.39, 0.29) is 16.6 Å². The standard InChI is InChI=1S/C23H23N3O5S/c1-12(2)21-15-11-18(26-32(28,29)20-9-7-6-8-19(20)30-5)16(10-17(15)24-23(21)27)22-13(3)25-31-14(22)4/h6-11,26H,1-5H3,(H,24,27). The van der Waals surface area contributed by atoms with Gasteiger partial charge in [-0.15, -0.1) is 0 Å². The Morgan fingerprint density at radius 1 is 1.12 bits per heavy atom. The number of methoxy groups -OCH3 is 1. The van der Waals surface area contributed by atoms with Crippen molar-refractivity contribution in [3.63, 3.8) is 0 Å². The number of rotatable bonds is 5. The lowest BCUT2D eigenvalue weighted by Gasteiger charge is -2.16. The van der Waals surface area contributed by atoms with E-state index in [1.807, 2.05) is 13.8 Å². The smallest absolute Gasteiger partial charge is 0.265 e. The molecule has 0 saturated carbocycles. The largest absolute Gasteiger partial charge is 0.495 e. The molecule has 0 saturated heterocycles. The number of allylic oxidation sites excluding steroid dienone is 1. The summed E-state index contributed by atoms with van der Waals surface area (Å²) in [5.74, 6) is 0.531. The van der Waals surface area contributed by atoms with Crippen molar-refractivity contribution in [1.29, 1.82) is 0 Å². The third-order valence-corrected chi connectivity index (χ3v) is 6.71. The van der Waals surface area contributed by atoms with E-state index in [0.717, 1.165) is 5.57 Å². The number of nitrogens with one attached hydrogen (secondary N) is 2. The molecule has 9 heteroatoms. The van der Waals surface area contributed by atoms with E-state index in [1.165, 1.54) is 13.2 Å².